The van der Waals surface area contributed by atoms with E-state index in [1.165, 1.54) is 93.9 Å². The van der Waals surface area contributed by atoms with Gasteiger partial charge in [-0.1, -0.05) is 81.7 Å². The van der Waals surface area contributed by atoms with E-state index < -0.39 is 10.1 Å². The van der Waals surface area contributed by atoms with Crippen molar-refractivity contribution in [1.82, 2.24) is 5.32 Å². The molecule has 11 heteroatoms. The molecule has 1 N–H and O–H groups in total. The van der Waals surface area contributed by atoms with Crippen LogP contribution in [0.4, 0.5) is 0 Å². The maximum atomic E-state index is 12.6. The molecule has 0 bridgehead atoms. The molecule has 0 radical (unpaired) electrons. The highest BCUT2D eigenvalue weighted by Gasteiger charge is 2.29. The molecule has 8 nitrogen and oxygen atoms in total. The molecular weight excluding hydrogens is 546 g/mol. The van der Waals surface area contributed by atoms with Crippen LogP contribution in [-0.4, -0.2) is 38.1 Å². The molecule has 38 heavy (non-hydrogen) atoms. The van der Waals surface area contributed by atoms with Crippen LogP contribution < -0.4 is 14.2 Å². The van der Waals surface area contributed by atoms with Crippen molar-refractivity contribution in [3.63, 3.8) is 0 Å². The second-order valence-corrected chi connectivity index (χ2v) is 12.1. The minimum Gasteiger partial charge on any atom is -0.493 e. The summed E-state index contributed by atoms with van der Waals surface area (Å²) in [5.74, 6) is 0.221. The molecule has 2 aromatic carbocycles. The van der Waals surface area contributed by atoms with Crippen molar-refractivity contribution in [1.29, 1.82) is 0 Å². The Morgan fingerprint density at radius 1 is 1.00 bits per heavy atom. The van der Waals surface area contributed by atoms with Gasteiger partial charge >= 0.3 is 10.1 Å². The number of nitrogens with one attached hydrogen (secondary N) is 1. The molecule has 206 valence electrons. The number of methoxy groups -OCH3 is 1. The maximum Gasteiger partial charge on any atom is 0.339 e. The largest absolute Gasteiger partial charge is 0.493 e. The summed E-state index contributed by atoms with van der Waals surface area (Å²) in [5.41, 5.74) is 0.618. The molecule has 1 aliphatic rings. The molecule has 1 saturated heterocycles. The number of benzene rings is 2. The highest BCUT2D eigenvalue weighted by molar-refractivity contribution is 8.15. The van der Waals surface area contributed by atoms with Gasteiger partial charge in [0, 0.05) is 5.02 Å². The third-order valence-corrected chi connectivity index (χ3v) is 8.58. The Morgan fingerprint density at radius 3 is 2.37 bits per heavy atom. The van der Waals surface area contributed by atoms with Gasteiger partial charge in [0.15, 0.2) is 16.7 Å². The van der Waals surface area contributed by atoms with Gasteiger partial charge in [0.25, 0.3) is 0 Å². The molecular formula is C27H34ClN3O5S2. The van der Waals surface area contributed by atoms with E-state index in [2.05, 4.69) is 22.4 Å². The van der Waals surface area contributed by atoms with Crippen LogP contribution in [0.3, 0.4) is 0 Å². The SMILES string of the molecule is CCCCCCCCCCC1S/C(=N/N=C/c2ccc(OS(=O)(=O)c3ccc(Cl)cc3)c(OC)c2)NC1=O. The number of carbonyl (C=O) groups excluding carboxylic acids is 1. The predicted octanol–water partition coefficient (Wildman–Crippen LogP) is 6.57. The van der Waals surface area contributed by atoms with E-state index in [0.29, 0.717) is 15.8 Å². The summed E-state index contributed by atoms with van der Waals surface area (Å²) in [6, 6.07) is 10.4. The van der Waals surface area contributed by atoms with Crippen molar-refractivity contribution in [3.05, 3.63) is 53.1 Å². The molecule has 0 saturated carbocycles. The third-order valence-electron chi connectivity index (χ3n) is 5.94. The van der Waals surface area contributed by atoms with Crippen LogP contribution >= 0.6 is 23.4 Å². The molecule has 1 aliphatic heterocycles. The number of halogens is 1. The van der Waals surface area contributed by atoms with Gasteiger partial charge in [0.2, 0.25) is 5.91 Å². The van der Waals surface area contributed by atoms with E-state index >= 15 is 0 Å². The van der Waals surface area contributed by atoms with Crippen molar-refractivity contribution in [3.8, 4) is 11.5 Å². The summed E-state index contributed by atoms with van der Waals surface area (Å²) < 4.78 is 35.7. The summed E-state index contributed by atoms with van der Waals surface area (Å²) in [4.78, 5) is 12.2. The van der Waals surface area contributed by atoms with Crippen LogP contribution in [0, 0.1) is 0 Å². The van der Waals surface area contributed by atoms with Crippen LogP contribution in [0.1, 0.15) is 70.3 Å². The number of nitrogens with zero attached hydrogens (tertiary/aromatic N) is 2. The smallest absolute Gasteiger partial charge is 0.339 e. The zero-order valence-corrected chi connectivity index (χ0v) is 24.1. The second-order valence-electron chi connectivity index (χ2n) is 8.91. The fraction of sp³-hybridized carbons (Fsp3) is 0.444. The molecule has 1 unspecified atom stereocenters. The van der Waals surface area contributed by atoms with Gasteiger partial charge in [0.05, 0.1) is 18.6 Å². The number of unbranched alkanes of at least 4 members (excludes halogenated alkanes) is 7. The number of carbonyl (C=O) groups is 1. The lowest BCUT2D eigenvalue weighted by atomic mass is 10.1. The van der Waals surface area contributed by atoms with E-state index in [1.54, 1.807) is 12.1 Å². The van der Waals surface area contributed by atoms with Crippen molar-refractivity contribution >= 4 is 50.8 Å². The van der Waals surface area contributed by atoms with Crippen LogP contribution in [0.5, 0.6) is 11.5 Å². The Bertz CT molecular complexity index is 1230. The highest BCUT2D eigenvalue weighted by atomic mass is 35.5. The van der Waals surface area contributed by atoms with Gasteiger partial charge in [-0.25, -0.2) is 0 Å². The first-order valence-corrected chi connectivity index (χ1v) is 15.5. The third kappa shape index (κ3) is 9.32. The Kier molecular flexibility index (Phi) is 11.9. The van der Waals surface area contributed by atoms with Crippen molar-refractivity contribution in [2.45, 2.75) is 74.9 Å². The Morgan fingerprint density at radius 2 is 1.68 bits per heavy atom. The number of hydrogen-bond acceptors (Lipinski definition) is 8. The second kappa shape index (κ2) is 15.1. The number of amidine groups is 1. The molecule has 0 aliphatic carbocycles. The summed E-state index contributed by atoms with van der Waals surface area (Å²) >= 11 is 7.23. The number of thioether (sulfide) groups is 1. The molecule has 0 spiro atoms. The van der Waals surface area contributed by atoms with Gasteiger partial charge in [-0.15, -0.1) is 5.10 Å². The number of amides is 1. The molecule has 3 rings (SSSR count). The first-order valence-electron chi connectivity index (χ1n) is 12.8. The summed E-state index contributed by atoms with van der Waals surface area (Å²) in [6.07, 6.45) is 12.1. The van der Waals surface area contributed by atoms with E-state index in [1.807, 2.05) is 0 Å². The first kappa shape index (κ1) is 30.0. The van der Waals surface area contributed by atoms with Crippen LogP contribution in [-0.2, 0) is 14.9 Å². The van der Waals surface area contributed by atoms with Crippen molar-refractivity contribution in [2.24, 2.45) is 10.2 Å². The maximum absolute atomic E-state index is 12.6. The Balaban J connectivity index is 1.51. The zero-order chi connectivity index (χ0) is 27.4. The Hall–Kier alpha value is -2.56. The van der Waals surface area contributed by atoms with Gasteiger partial charge in [-0.05, 0) is 54.4 Å². The molecule has 1 amide bonds. The minimum absolute atomic E-state index is 0.0257. The number of ether oxygens (including phenoxy) is 1. The van der Waals surface area contributed by atoms with E-state index in [9.17, 15) is 13.2 Å². The van der Waals surface area contributed by atoms with Crippen LogP contribution in [0.25, 0.3) is 0 Å². The zero-order valence-electron chi connectivity index (χ0n) is 21.7. The highest BCUT2D eigenvalue weighted by Crippen LogP contribution is 2.31. The molecule has 0 aromatic heterocycles. The standard InChI is InChI=1S/C27H34ClN3O5S2/c1-3-4-5-6-7-8-9-10-11-25-26(32)30-27(37-25)31-29-19-20-12-17-23(24(18-20)35-2)36-38(33,34)22-15-13-21(28)14-16-22/h12-19,25H,3-11H2,1-2H3,(H,30,31,32)/b29-19+. The lowest BCUT2D eigenvalue weighted by Gasteiger charge is -2.11. The average Bonchev–Trinajstić information content (AvgIpc) is 3.25. The summed E-state index contributed by atoms with van der Waals surface area (Å²) in [5, 5.41) is 11.7. The fourth-order valence-corrected chi connectivity index (χ4v) is 5.89. The van der Waals surface area contributed by atoms with Crippen LogP contribution in [0.15, 0.2) is 57.6 Å². The molecule has 2 aromatic rings. The first-order chi connectivity index (χ1) is 18.3. The molecule has 1 heterocycles. The quantitative estimate of drug-likeness (QED) is 0.111. The Labute approximate surface area is 234 Å². The lowest BCUT2D eigenvalue weighted by Crippen LogP contribution is -2.24. The normalized spacial score (nSPS) is 16.8. The topological polar surface area (TPSA) is 106 Å². The average molecular weight is 580 g/mol. The number of hydrogen-bond donors (Lipinski definition) is 1. The van der Waals surface area contributed by atoms with E-state index in [4.69, 9.17) is 20.5 Å². The van der Waals surface area contributed by atoms with Gasteiger partial charge in [-0.3, -0.25) is 4.79 Å². The molecule has 1 atom stereocenters. The van der Waals surface area contributed by atoms with E-state index in [0.717, 1.165) is 19.3 Å². The minimum atomic E-state index is -4.07. The summed E-state index contributed by atoms with van der Waals surface area (Å²) in [6.45, 7) is 2.22. The van der Waals surface area contributed by atoms with Gasteiger partial charge in [-0.2, -0.15) is 13.5 Å². The monoisotopic (exact) mass is 579 g/mol. The number of rotatable bonds is 15. The molecule has 1 fully saturated rings. The lowest BCUT2D eigenvalue weighted by molar-refractivity contribution is -0.118. The van der Waals surface area contributed by atoms with E-state index in [-0.39, 0.29) is 27.6 Å². The fourth-order valence-electron chi connectivity index (χ4n) is 3.85. The summed E-state index contributed by atoms with van der Waals surface area (Å²) in [7, 11) is -2.65. The van der Waals surface area contributed by atoms with Crippen LogP contribution in [0.2, 0.25) is 5.02 Å². The predicted molar refractivity (Wildman–Crippen MR) is 154 cm³/mol. The van der Waals surface area contributed by atoms with Crippen molar-refractivity contribution in [2.75, 3.05) is 7.11 Å². The van der Waals surface area contributed by atoms with Gasteiger partial charge in [0.1, 0.15) is 4.90 Å². The van der Waals surface area contributed by atoms with Crippen molar-refractivity contribution < 1.29 is 22.1 Å². The van der Waals surface area contributed by atoms with Gasteiger partial charge < -0.3 is 14.2 Å².